The van der Waals surface area contributed by atoms with Crippen LogP contribution in [0.25, 0.3) is 44.3 Å². The number of pyridine rings is 1. The van der Waals surface area contributed by atoms with Crippen LogP contribution < -0.4 is 16.0 Å². The number of aromatic amines is 2. The summed E-state index contributed by atoms with van der Waals surface area (Å²) in [4.78, 5) is 72.3. The van der Waals surface area contributed by atoms with Crippen molar-refractivity contribution in [2.24, 2.45) is 5.92 Å². The summed E-state index contributed by atoms with van der Waals surface area (Å²) < 4.78 is 9.36. The second-order valence-corrected chi connectivity index (χ2v) is 16.7. The van der Waals surface area contributed by atoms with Gasteiger partial charge in [-0.05, 0) is 74.1 Å². The molecular formula is C47H61N9O6. The summed E-state index contributed by atoms with van der Waals surface area (Å²) in [6.45, 7) is 1.00. The van der Waals surface area contributed by atoms with E-state index >= 15 is 0 Å². The molecule has 2 atom stereocenters. The maximum Gasteiger partial charge on any atom is 0.407 e. The number of carbonyl (C=O) groups is 4. The van der Waals surface area contributed by atoms with Crippen molar-refractivity contribution in [2.75, 3.05) is 33.9 Å². The number of ether oxygens (including phenoxy) is 2. The quantitative estimate of drug-likeness (QED) is 0.0725. The Kier molecular flexibility index (Phi) is 15.4. The summed E-state index contributed by atoms with van der Waals surface area (Å²) in [6, 6.07) is 13.6. The van der Waals surface area contributed by atoms with Gasteiger partial charge in [0.1, 0.15) is 17.7 Å². The molecule has 5 N–H and O–H groups in total. The van der Waals surface area contributed by atoms with Crippen LogP contribution in [0.5, 0.6) is 0 Å². The number of hydrogen-bond acceptors (Lipinski definition) is 9. The number of H-pyrrole nitrogens is 2. The molecule has 4 amide bonds. The molecule has 15 nitrogen and oxygen atoms in total. The van der Waals surface area contributed by atoms with Gasteiger partial charge in [-0.15, -0.1) is 0 Å². The van der Waals surface area contributed by atoms with Crippen LogP contribution in [0, 0.1) is 5.92 Å². The summed E-state index contributed by atoms with van der Waals surface area (Å²) in [7, 11) is 2.58. The van der Waals surface area contributed by atoms with Crippen molar-refractivity contribution in [1.82, 2.24) is 45.8 Å². The van der Waals surface area contributed by atoms with Crippen LogP contribution in [-0.2, 0) is 25.5 Å². The third kappa shape index (κ3) is 11.5. The summed E-state index contributed by atoms with van der Waals surface area (Å²) in [5.74, 6) is 1.39. The van der Waals surface area contributed by atoms with Crippen molar-refractivity contribution in [3.63, 3.8) is 0 Å². The topological polar surface area (TPSA) is 196 Å². The molecule has 8 rings (SSSR count). The van der Waals surface area contributed by atoms with Gasteiger partial charge in [-0.25, -0.2) is 19.6 Å². The van der Waals surface area contributed by atoms with E-state index in [1.165, 1.54) is 52.7 Å². The van der Waals surface area contributed by atoms with Gasteiger partial charge in [0, 0.05) is 42.2 Å². The first kappa shape index (κ1) is 44.1. The van der Waals surface area contributed by atoms with Gasteiger partial charge in [0.05, 0.1) is 55.4 Å². The number of benzene rings is 2. The van der Waals surface area contributed by atoms with Gasteiger partial charge >= 0.3 is 12.2 Å². The highest BCUT2D eigenvalue weighted by atomic mass is 16.5. The second-order valence-electron chi connectivity index (χ2n) is 16.7. The fraction of sp³-hybridized carbons (Fsp3) is 0.511. The Labute approximate surface area is 362 Å². The molecule has 330 valence electrons. The first-order valence-corrected chi connectivity index (χ1v) is 22.5. The number of methoxy groups -OCH3 is 2. The average Bonchev–Trinajstić information content (AvgIpc) is 4.11. The predicted molar refractivity (Wildman–Crippen MR) is 238 cm³/mol. The number of amides is 4. The molecule has 2 aliphatic carbocycles. The molecule has 62 heavy (non-hydrogen) atoms. The molecular weight excluding hydrogens is 787 g/mol. The van der Waals surface area contributed by atoms with Crippen molar-refractivity contribution in [3.05, 3.63) is 66.5 Å². The van der Waals surface area contributed by atoms with E-state index < -0.39 is 18.2 Å². The number of unbranched alkanes of at least 4 members (excludes halogenated alkanes) is 1. The third-order valence-electron chi connectivity index (χ3n) is 12.4. The van der Waals surface area contributed by atoms with Crippen LogP contribution in [0.4, 0.5) is 9.59 Å². The molecule has 0 bridgehead atoms. The highest BCUT2D eigenvalue weighted by Crippen LogP contribution is 2.36. The second kappa shape index (κ2) is 21.7. The monoisotopic (exact) mass is 847 g/mol. The normalized spacial score (nSPS) is 17.2. The third-order valence-corrected chi connectivity index (χ3v) is 12.4. The summed E-state index contributed by atoms with van der Waals surface area (Å²) in [6.07, 6.45) is 20.6. The zero-order valence-corrected chi connectivity index (χ0v) is 36.1. The van der Waals surface area contributed by atoms with Gasteiger partial charge < -0.3 is 40.3 Å². The molecule has 4 heterocycles. The molecule has 15 heteroatoms. The summed E-state index contributed by atoms with van der Waals surface area (Å²) in [5.41, 5.74) is 5.41. The van der Waals surface area contributed by atoms with Gasteiger partial charge in [-0.1, -0.05) is 76.0 Å². The Morgan fingerprint density at radius 1 is 0.758 bits per heavy atom. The molecule has 3 aromatic heterocycles. The van der Waals surface area contributed by atoms with Gasteiger partial charge in [0.15, 0.2) is 0 Å². The smallest absolute Gasteiger partial charge is 0.407 e. The van der Waals surface area contributed by atoms with Crippen LogP contribution in [0.2, 0.25) is 0 Å². The SMILES string of the molecule is C1CCCCC1.COC(=O)NCC(=O)NCCCCc1ncc(-c2ccc3cc(-c4ccc5nc(C6CCCN6C(=O)C(NC(=O)OC)C6CCCCC6)[nH]c5c4)ncc3c2)[nH]1. The van der Waals surface area contributed by atoms with E-state index in [1.807, 2.05) is 29.4 Å². The Hall–Kier alpha value is -5.99. The minimum absolute atomic E-state index is 0.0638. The summed E-state index contributed by atoms with van der Waals surface area (Å²) in [5, 5.41) is 10.1. The highest BCUT2D eigenvalue weighted by molar-refractivity contribution is 5.90. The van der Waals surface area contributed by atoms with Crippen molar-refractivity contribution in [1.29, 1.82) is 0 Å². The Balaban J connectivity index is 0.000000887. The van der Waals surface area contributed by atoms with E-state index in [0.29, 0.717) is 13.1 Å². The average molecular weight is 848 g/mol. The number of fused-ring (bicyclic) bond motifs is 2. The fourth-order valence-corrected chi connectivity index (χ4v) is 8.97. The lowest BCUT2D eigenvalue weighted by atomic mass is 9.83. The first-order chi connectivity index (χ1) is 30.3. The molecule has 0 radical (unpaired) electrons. The lowest BCUT2D eigenvalue weighted by Crippen LogP contribution is -2.52. The molecule has 5 aromatic rings. The number of nitrogens with zero attached hydrogens (tertiary/aromatic N) is 4. The van der Waals surface area contributed by atoms with Crippen LogP contribution in [0.1, 0.15) is 114 Å². The molecule has 2 saturated carbocycles. The van der Waals surface area contributed by atoms with Gasteiger partial charge in [-0.2, -0.15) is 0 Å². The molecule has 0 spiro atoms. The number of carbonyl (C=O) groups excluding carboxylic acids is 4. The highest BCUT2D eigenvalue weighted by Gasteiger charge is 2.40. The van der Waals surface area contributed by atoms with E-state index in [-0.39, 0.29) is 30.3 Å². The van der Waals surface area contributed by atoms with E-state index in [1.54, 1.807) is 0 Å². The van der Waals surface area contributed by atoms with Gasteiger partial charge in [0.25, 0.3) is 0 Å². The number of nitrogens with one attached hydrogen (secondary N) is 5. The minimum Gasteiger partial charge on any atom is -0.453 e. The maximum atomic E-state index is 14.0. The van der Waals surface area contributed by atoms with E-state index in [9.17, 15) is 19.2 Å². The number of aryl methyl sites for hydroxylation is 1. The molecule has 3 aliphatic rings. The van der Waals surface area contributed by atoms with Crippen LogP contribution in [0.3, 0.4) is 0 Å². The Morgan fingerprint density at radius 2 is 1.50 bits per heavy atom. The van der Waals surface area contributed by atoms with Gasteiger partial charge in [0.2, 0.25) is 11.8 Å². The van der Waals surface area contributed by atoms with Crippen molar-refractivity contribution in [3.8, 4) is 22.5 Å². The predicted octanol–water partition coefficient (Wildman–Crippen LogP) is 8.27. The van der Waals surface area contributed by atoms with E-state index in [2.05, 4.69) is 66.0 Å². The molecule has 3 fully saturated rings. The largest absolute Gasteiger partial charge is 0.453 e. The number of aromatic nitrogens is 5. The maximum absolute atomic E-state index is 14.0. The minimum atomic E-state index is -0.639. The van der Waals surface area contributed by atoms with Crippen molar-refractivity contribution >= 4 is 45.8 Å². The van der Waals surface area contributed by atoms with Crippen LogP contribution >= 0.6 is 0 Å². The van der Waals surface area contributed by atoms with Crippen LogP contribution in [-0.4, -0.2) is 93.7 Å². The molecule has 2 aromatic carbocycles. The number of rotatable bonds is 13. The lowest BCUT2D eigenvalue weighted by molar-refractivity contribution is -0.136. The molecule has 1 saturated heterocycles. The number of imidazole rings is 2. The lowest BCUT2D eigenvalue weighted by Gasteiger charge is -2.34. The standard InChI is InChI=1S/C41H49N9O6.C6H12/c1-55-40(53)45-24-36(51)42-17-7-6-12-35-44-23-33(46-35)27-14-13-26-20-31(43-22-29(26)19-27)28-15-16-30-32(21-28)48-38(47-30)34-11-8-18-50(34)39(52)37(49-41(54)56-2)25-9-4-3-5-10-25;1-2-4-6-5-3-1/h13-16,19-23,25,34,37H,3-12,17-18,24H2,1-2H3,(H,42,51)(H,44,46)(H,45,53)(H,47,48)(H,49,54);1-6H2. The molecule has 1 aliphatic heterocycles. The fourth-order valence-electron chi connectivity index (χ4n) is 8.97. The van der Waals surface area contributed by atoms with Gasteiger partial charge in [-0.3, -0.25) is 14.6 Å². The number of likely N-dealkylation sites (tertiary alicyclic amines) is 1. The van der Waals surface area contributed by atoms with E-state index in [4.69, 9.17) is 14.7 Å². The first-order valence-electron chi connectivity index (χ1n) is 22.5. The number of alkyl carbamates (subject to hydrolysis) is 2. The Bertz CT molecular complexity index is 2280. The number of hydrogen-bond donors (Lipinski definition) is 5. The van der Waals surface area contributed by atoms with Crippen molar-refractivity contribution in [2.45, 2.75) is 115 Å². The zero-order chi connectivity index (χ0) is 43.3. The summed E-state index contributed by atoms with van der Waals surface area (Å²) >= 11 is 0. The van der Waals surface area contributed by atoms with E-state index in [0.717, 1.165) is 120 Å². The van der Waals surface area contributed by atoms with Crippen molar-refractivity contribution < 1.29 is 28.7 Å². The van der Waals surface area contributed by atoms with Crippen LogP contribution in [0.15, 0.2) is 54.9 Å². The Morgan fingerprint density at radius 3 is 2.26 bits per heavy atom. The zero-order valence-electron chi connectivity index (χ0n) is 36.1. The molecule has 2 unspecified atom stereocenters.